The van der Waals surface area contributed by atoms with Crippen LogP contribution in [0.25, 0.3) is 0 Å². The summed E-state index contributed by atoms with van der Waals surface area (Å²) in [6, 6.07) is 3.76. The molecule has 1 aliphatic rings. The summed E-state index contributed by atoms with van der Waals surface area (Å²) in [7, 11) is 0. The minimum atomic E-state index is -0.0513. The van der Waals surface area contributed by atoms with Crippen LogP contribution in [0, 0.1) is 0 Å². The van der Waals surface area contributed by atoms with Crippen molar-refractivity contribution in [1.82, 2.24) is 20.5 Å². The van der Waals surface area contributed by atoms with Crippen molar-refractivity contribution in [1.29, 1.82) is 0 Å². The maximum Gasteiger partial charge on any atom is 0.317 e. The fourth-order valence-corrected chi connectivity index (χ4v) is 1.95. The molecule has 1 fully saturated rings. The summed E-state index contributed by atoms with van der Waals surface area (Å²) in [5, 5.41) is 5.54. The van der Waals surface area contributed by atoms with Crippen LogP contribution in [-0.4, -0.2) is 48.0 Å². The van der Waals surface area contributed by atoms with Crippen LogP contribution >= 0.6 is 0 Å². The highest BCUT2D eigenvalue weighted by molar-refractivity contribution is 5.77. The van der Waals surface area contributed by atoms with Crippen molar-refractivity contribution < 1.29 is 9.59 Å². The van der Waals surface area contributed by atoms with Crippen molar-refractivity contribution >= 4 is 11.9 Å². The summed E-state index contributed by atoms with van der Waals surface area (Å²) >= 11 is 0. The number of rotatable bonds is 6. The van der Waals surface area contributed by atoms with E-state index < -0.39 is 0 Å². The lowest BCUT2D eigenvalue weighted by atomic mass is 10.1. The van der Waals surface area contributed by atoms with Gasteiger partial charge in [-0.2, -0.15) is 0 Å². The Morgan fingerprint density at radius 3 is 3.11 bits per heavy atom. The Morgan fingerprint density at radius 1 is 1.53 bits per heavy atom. The Balaban J connectivity index is 1.61. The molecule has 6 nitrogen and oxygen atoms in total. The number of carbonyl (C=O) groups excluding carboxylic acids is 2. The van der Waals surface area contributed by atoms with Crippen LogP contribution in [0.1, 0.15) is 12.0 Å². The summed E-state index contributed by atoms with van der Waals surface area (Å²) < 4.78 is 0. The molecule has 0 atom stereocenters. The molecule has 102 valence electrons. The molecule has 0 aromatic carbocycles. The normalized spacial score (nSPS) is 14.3. The fraction of sp³-hybridized carbons (Fsp3) is 0.462. The van der Waals surface area contributed by atoms with Crippen LogP contribution in [0.2, 0.25) is 0 Å². The number of nitrogens with one attached hydrogen (secondary N) is 2. The number of amides is 3. The number of pyridine rings is 1. The molecule has 3 amide bonds. The predicted octanol–water partition coefficient (Wildman–Crippen LogP) is 0.156. The molecule has 0 saturated carbocycles. The predicted molar refractivity (Wildman–Crippen MR) is 70.5 cm³/mol. The number of carbonyl (C=O) groups is 2. The van der Waals surface area contributed by atoms with E-state index >= 15 is 0 Å². The molecule has 0 bridgehead atoms. The maximum atomic E-state index is 11.6. The number of nitrogens with zero attached hydrogens (tertiary/aromatic N) is 2. The van der Waals surface area contributed by atoms with Crippen molar-refractivity contribution in [2.45, 2.75) is 12.8 Å². The molecule has 0 aliphatic carbocycles. The van der Waals surface area contributed by atoms with E-state index in [0.717, 1.165) is 5.56 Å². The molecule has 1 aromatic rings. The quantitative estimate of drug-likeness (QED) is 0.766. The van der Waals surface area contributed by atoms with Crippen molar-refractivity contribution in [3.05, 3.63) is 30.1 Å². The fourth-order valence-electron chi connectivity index (χ4n) is 1.95. The van der Waals surface area contributed by atoms with Gasteiger partial charge in [-0.3, -0.25) is 9.78 Å². The minimum Gasteiger partial charge on any atom is -0.354 e. The van der Waals surface area contributed by atoms with Gasteiger partial charge in [-0.05, 0) is 18.1 Å². The second kappa shape index (κ2) is 6.72. The third-order valence-electron chi connectivity index (χ3n) is 3.01. The van der Waals surface area contributed by atoms with Crippen LogP contribution in [0.5, 0.6) is 0 Å². The van der Waals surface area contributed by atoms with Gasteiger partial charge in [-0.25, -0.2) is 4.79 Å². The average Bonchev–Trinajstić information content (AvgIpc) is 2.83. The number of aryl methyl sites for hydroxylation is 1. The maximum absolute atomic E-state index is 11.6. The Morgan fingerprint density at radius 2 is 2.42 bits per heavy atom. The van der Waals surface area contributed by atoms with E-state index in [4.69, 9.17) is 0 Å². The monoisotopic (exact) mass is 262 g/mol. The van der Waals surface area contributed by atoms with E-state index in [2.05, 4.69) is 15.6 Å². The molecule has 0 spiro atoms. The van der Waals surface area contributed by atoms with Crippen LogP contribution in [0.3, 0.4) is 0 Å². The van der Waals surface area contributed by atoms with Crippen LogP contribution in [-0.2, 0) is 11.2 Å². The molecule has 1 saturated heterocycles. The Kier molecular flexibility index (Phi) is 4.72. The minimum absolute atomic E-state index is 0.00320. The van der Waals surface area contributed by atoms with Gasteiger partial charge in [-0.1, -0.05) is 6.07 Å². The van der Waals surface area contributed by atoms with Gasteiger partial charge in [0.25, 0.3) is 0 Å². The second-order valence-electron chi connectivity index (χ2n) is 4.43. The summed E-state index contributed by atoms with van der Waals surface area (Å²) in [4.78, 5) is 28.6. The van der Waals surface area contributed by atoms with E-state index in [1.165, 1.54) is 0 Å². The average molecular weight is 262 g/mol. The summed E-state index contributed by atoms with van der Waals surface area (Å²) in [5.41, 5.74) is 1.05. The Hall–Kier alpha value is -2.11. The zero-order chi connectivity index (χ0) is 13.5. The Bertz CT molecular complexity index is 436. The van der Waals surface area contributed by atoms with Crippen LogP contribution in [0.4, 0.5) is 4.79 Å². The first kappa shape index (κ1) is 13.3. The van der Waals surface area contributed by atoms with E-state index in [0.29, 0.717) is 39.0 Å². The highest BCUT2D eigenvalue weighted by atomic mass is 16.2. The third-order valence-corrected chi connectivity index (χ3v) is 3.01. The lowest BCUT2D eigenvalue weighted by Gasteiger charge is -2.14. The number of hydrogen-bond donors (Lipinski definition) is 2. The molecule has 0 unspecified atom stereocenters. The first-order valence-corrected chi connectivity index (χ1v) is 6.44. The SMILES string of the molecule is O=C(CCc1cccnc1)NCCN1CCNC1=O. The largest absolute Gasteiger partial charge is 0.354 e. The van der Waals surface area contributed by atoms with E-state index in [-0.39, 0.29) is 11.9 Å². The van der Waals surface area contributed by atoms with Crippen LogP contribution in [0.15, 0.2) is 24.5 Å². The van der Waals surface area contributed by atoms with Gasteiger partial charge in [0.05, 0.1) is 0 Å². The molecule has 6 heteroatoms. The topological polar surface area (TPSA) is 74.3 Å². The summed E-state index contributed by atoms with van der Waals surface area (Å²) in [5.74, 6) is 0.00320. The lowest BCUT2D eigenvalue weighted by molar-refractivity contribution is -0.121. The summed E-state index contributed by atoms with van der Waals surface area (Å²) in [6.45, 7) is 2.46. The van der Waals surface area contributed by atoms with Gasteiger partial charge in [0.1, 0.15) is 0 Å². The molecule has 1 aromatic heterocycles. The summed E-state index contributed by atoms with van der Waals surface area (Å²) in [6.07, 6.45) is 4.61. The molecule has 1 aliphatic heterocycles. The van der Waals surface area contributed by atoms with Gasteiger partial charge in [0.15, 0.2) is 0 Å². The molecule has 19 heavy (non-hydrogen) atoms. The van der Waals surface area contributed by atoms with E-state index in [9.17, 15) is 9.59 Å². The first-order valence-electron chi connectivity index (χ1n) is 6.44. The number of hydrogen-bond acceptors (Lipinski definition) is 3. The molecule has 2 heterocycles. The van der Waals surface area contributed by atoms with Gasteiger partial charge in [0, 0.05) is 45.0 Å². The molecule has 0 radical (unpaired) electrons. The van der Waals surface area contributed by atoms with Crippen molar-refractivity contribution in [3.63, 3.8) is 0 Å². The third kappa shape index (κ3) is 4.24. The van der Waals surface area contributed by atoms with Crippen LogP contribution < -0.4 is 10.6 Å². The van der Waals surface area contributed by atoms with Crippen molar-refractivity contribution in [2.24, 2.45) is 0 Å². The molecular weight excluding hydrogens is 244 g/mol. The Labute approximate surface area is 112 Å². The molecular formula is C13H18N4O2. The highest BCUT2D eigenvalue weighted by Crippen LogP contribution is 2.00. The van der Waals surface area contributed by atoms with Crippen molar-refractivity contribution in [3.8, 4) is 0 Å². The first-order chi connectivity index (χ1) is 9.25. The van der Waals surface area contributed by atoms with E-state index in [1.54, 1.807) is 17.3 Å². The highest BCUT2D eigenvalue weighted by Gasteiger charge is 2.18. The zero-order valence-corrected chi connectivity index (χ0v) is 10.8. The standard InChI is InChI=1S/C13H18N4O2/c18-12(4-3-11-2-1-5-14-10-11)15-6-8-17-9-7-16-13(17)19/h1-2,5,10H,3-4,6-9H2,(H,15,18)(H,16,19). The smallest absolute Gasteiger partial charge is 0.317 e. The van der Waals surface area contributed by atoms with Gasteiger partial charge in [0.2, 0.25) is 5.91 Å². The van der Waals surface area contributed by atoms with Gasteiger partial charge in [-0.15, -0.1) is 0 Å². The van der Waals surface area contributed by atoms with E-state index in [1.807, 2.05) is 12.1 Å². The van der Waals surface area contributed by atoms with Gasteiger partial charge >= 0.3 is 6.03 Å². The molecule has 2 rings (SSSR count). The zero-order valence-electron chi connectivity index (χ0n) is 10.8. The number of aromatic nitrogens is 1. The second-order valence-corrected chi connectivity index (χ2v) is 4.43. The number of urea groups is 1. The lowest BCUT2D eigenvalue weighted by Crippen LogP contribution is -2.36. The molecule has 2 N–H and O–H groups in total. The van der Waals surface area contributed by atoms with Gasteiger partial charge < -0.3 is 15.5 Å². The van der Waals surface area contributed by atoms with Crippen molar-refractivity contribution in [2.75, 3.05) is 26.2 Å².